The molecule has 1 unspecified atom stereocenters. The van der Waals surface area contributed by atoms with Gasteiger partial charge in [0.05, 0.1) is 5.69 Å². The lowest BCUT2D eigenvalue weighted by molar-refractivity contribution is 0.598. The van der Waals surface area contributed by atoms with E-state index in [2.05, 4.69) is 29.5 Å². The third kappa shape index (κ3) is 2.69. The lowest BCUT2D eigenvalue weighted by Gasteiger charge is -2.25. The van der Waals surface area contributed by atoms with E-state index in [1.165, 1.54) is 31.4 Å². The molecule has 102 valence electrons. The Labute approximate surface area is 110 Å². The Hall–Kier alpha value is -1.03. The highest BCUT2D eigenvalue weighted by atomic mass is 15.3. The highest BCUT2D eigenvalue weighted by Gasteiger charge is 2.26. The molecule has 2 rings (SSSR count). The molecule has 2 N–H and O–H groups in total. The average Bonchev–Trinajstić information content (AvgIpc) is 3.01. The van der Waals surface area contributed by atoms with E-state index in [0.717, 1.165) is 32.0 Å². The van der Waals surface area contributed by atoms with Gasteiger partial charge in [0.15, 0.2) is 0 Å². The molecule has 1 fully saturated rings. The number of hydrogen-bond acceptors (Lipinski definition) is 3. The summed E-state index contributed by atoms with van der Waals surface area (Å²) in [6, 6.07) is 0.484. The molecular formula is C14H26N4. The number of rotatable bonds is 6. The summed E-state index contributed by atoms with van der Waals surface area (Å²) in [5.74, 6) is 1.15. The van der Waals surface area contributed by atoms with Crippen LogP contribution in [0, 0.1) is 0 Å². The van der Waals surface area contributed by atoms with E-state index in [1.54, 1.807) is 0 Å². The molecule has 1 aromatic rings. The van der Waals surface area contributed by atoms with E-state index in [0.29, 0.717) is 6.04 Å². The van der Waals surface area contributed by atoms with Gasteiger partial charge in [-0.1, -0.05) is 20.3 Å². The topological polar surface area (TPSA) is 47.1 Å². The van der Waals surface area contributed by atoms with Crippen LogP contribution in [0.15, 0.2) is 6.20 Å². The largest absolute Gasteiger partial charge is 0.338 e. The number of nitrogens with zero attached hydrogens (tertiary/aromatic N) is 3. The van der Waals surface area contributed by atoms with Gasteiger partial charge in [0.25, 0.3) is 0 Å². The molecule has 0 radical (unpaired) electrons. The highest BCUT2D eigenvalue weighted by molar-refractivity contribution is 5.37. The van der Waals surface area contributed by atoms with Crippen LogP contribution in [0.3, 0.4) is 0 Å². The third-order valence-corrected chi connectivity index (χ3v) is 3.83. The smallest absolute Gasteiger partial charge is 0.206 e. The van der Waals surface area contributed by atoms with Crippen LogP contribution >= 0.6 is 0 Å². The lowest BCUT2D eigenvalue weighted by atomic mass is 10.2. The molecule has 4 heteroatoms. The van der Waals surface area contributed by atoms with Gasteiger partial charge in [-0.25, -0.2) is 4.98 Å². The Morgan fingerprint density at radius 2 is 2.28 bits per heavy atom. The summed E-state index contributed by atoms with van der Waals surface area (Å²) in [6.07, 6.45) is 8.11. The number of hydrogen-bond donors (Lipinski definition) is 1. The Morgan fingerprint density at radius 1 is 1.44 bits per heavy atom. The summed E-state index contributed by atoms with van der Waals surface area (Å²) in [7, 11) is 0. The number of unbranched alkanes of at least 4 members (excludes halogenated alkanes) is 1. The molecule has 1 aliphatic rings. The molecule has 0 aromatic carbocycles. The monoisotopic (exact) mass is 250 g/mol. The molecule has 0 bridgehead atoms. The van der Waals surface area contributed by atoms with E-state index in [-0.39, 0.29) is 0 Å². The van der Waals surface area contributed by atoms with Crippen LogP contribution in [-0.2, 0) is 13.0 Å². The predicted octanol–water partition coefficient (Wildman–Crippen LogP) is 2.17. The van der Waals surface area contributed by atoms with Crippen molar-refractivity contribution >= 4 is 5.95 Å². The first kappa shape index (κ1) is 13.4. The van der Waals surface area contributed by atoms with Crippen LogP contribution in [-0.4, -0.2) is 28.7 Å². The molecule has 1 aliphatic heterocycles. The zero-order valence-corrected chi connectivity index (χ0v) is 11.7. The summed E-state index contributed by atoms with van der Waals surface area (Å²) in [6.45, 7) is 7.32. The third-order valence-electron chi connectivity index (χ3n) is 3.83. The fraction of sp³-hybridized carbons (Fsp3) is 0.786. The molecule has 1 saturated heterocycles. The summed E-state index contributed by atoms with van der Waals surface area (Å²) in [4.78, 5) is 7.21. The Morgan fingerprint density at radius 3 is 2.94 bits per heavy atom. The van der Waals surface area contributed by atoms with Crippen molar-refractivity contribution in [3.8, 4) is 0 Å². The van der Waals surface area contributed by atoms with Crippen LogP contribution in [0.2, 0.25) is 0 Å². The van der Waals surface area contributed by atoms with Crippen LogP contribution in [0.25, 0.3) is 0 Å². The number of nitrogens with two attached hydrogens (primary N) is 1. The van der Waals surface area contributed by atoms with Crippen LogP contribution in [0.4, 0.5) is 5.95 Å². The highest BCUT2D eigenvalue weighted by Crippen LogP contribution is 2.25. The Kier molecular flexibility index (Phi) is 4.64. The summed E-state index contributed by atoms with van der Waals surface area (Å²) < 4.78 is 2.33. The Bertz CT molecular complexity index is 372. The van der Waals surface area contributed by atoms with Crippen molar-refractivity contribution in [1.29, 1.82) is 0 Å². The fourth-order valence-electron chi connectivity index (χ4n) is 2.70. The number of imidazole rings is 1. The van der Waals surface area contributed by atoms with E-state index in [9.17, 15) is 0 Å². The van der Waals surface area contributed by atoms with Crippen molar-refractivity contribution in [3.05, 3.63) is 11.9 Å². The minimum absolute atomic E-state index is 0.484. The SMILES string of the molecule is CCCCn1cc(CC)nc1N1CCCC1CN. The summed E-state index contributed by atoms with van der Waals surface area (Å²) >= 11 is 0. The molecule has 4 nitrogen and oxygen atoms in total. The first-order chi connectivity index (χ1) is 8.80. The van der Waals surface area contributed by atoms with Gasteiger partial charge in [-0.05, 0) is 25.7 Å². The fourth-order valence-corrected chi connectivity index (χ4v) is 2.70. The first-order valence-corrected chi connectivity index (χ1v) is 7.32. The van der Waals surface area contributed by atoms with E-state index < -0.39 is 0 Å². The normalized spacial score (nSPS) is 19.7. The second-order valence-electron chi connectivity index (χ2n) is 5.16. The van der Waals surface area contributed by atoms with E-state index in [1.807, 2.05) is 0 Å². The lowest BCUT2D eigenvalue weighted by Crippen LogP contribution is -2.37. The van der Waals surface area contributed by atoms with Crippen LogP contribution in [0.5, 0.6) is 0 Å². The van der Waals surface area contributed by atoms with Gasteiger partial charge < -0.3 is 15.2 Å². The number of anilines is 1. The van der Waals surface area contributed by atoms with Gasteiger partial charge in [0.1, 0.15) is 0 Å². The van der Waals surface area contributed by atoms with Gasteiger partial charge in [-0.3, -0.25) is 0 Å². The van der Waals surface area contributed by atoms with E-state index >= 15 is 0 Å². The maximum absolute atomic E-state index is 5.87. The quantitative estimate of drug-likeness (QED) is 0.841. The van der Waals surface area contributed by atoms with Crippen molar-refractivity contribution < 1.29 is 0 Å². The van der Waals surface area contributed by atoms with Crippen molar-refractivity contribution in [2.45, 2.75) is 58.5 Å². The van der Waals surface area contributed by atoms with Gasteiger partial charge in [-0.15, -0.1) is 0 Å². The maximum Gasteiger partial charge on any atom is 0.206 e. The Balaban J connectivity index is 2.21. The molecule has 2 heterocycles. The van der Waals surface area contributed by atoms with Gasteiger partial charge in [-0.2, -0.15) is 0 Å². The molecule has 1 atom stereocenters. The van der Waals surface area contributed by atoms with Gasteiger partial charge >= 0.3 is 0 Å². The minimum Gasteiger partial charge on any atom is -0.338 e. The standard InChI is InChI=1S/C14H26N4/c1-3-5-8-17-11-12(4-2)16-14(17)18-9-6-7-13(18)10-15/h11,13H,3-10,15H2,1-2H3. The van der Waals surface area contributed by atoms with Crippen molar-refractivity contribution in [3.63, 3.8) is 0 Å². The minimum atomic E-state index is 0.484. The second-order valence-corrected chi connectivity index (χ2v) is 5.16. The number of aromatic nitrogens is 2. The summed E-state index contributed by atoms with van der Waals surface area (Å²) in [5.41, 5.74) is 7.07. The average molecular weight is 250 g/mol. The molecule has 1 aromatic heterocycles. The first-order valence-electron chi connectivity index (χ1n) is 7.32. The van der Waals surface area contributed by atoms with Gasteiger partial charge in [0, 0.05) is 31.9 Å². The number of aryl methyl sites for hydroxylation is 2. The molecule has 0 aliphatic carbocycles. The van der Waals surface area contributed by atoms with Gasteiger partial charge in [0.2, 0.25) is 5.95 Å². The maximum atomic E-state index is 5.87. The molecule has 0 saturated carbocycles. The molecule has 18 heavy (non-hydrogen) atoms. The van der Waals surface area contributed by atoms with Crippen molar-refractivity contribution in [2.75, 3.05) is 18.0 Å². The van der Waals surface area contributed by atoms with E-state index in [4.69, 9.17) is 10.7 Å². The van der Waals surface area contributed by atoms with Crippen molar-refractivity contribution in [2.24, 2.45) is 5.73 Å². The molecule has 0 spiro atoms. The second kappa shape index (κ2) is 6.23. The predicted molar refractivity (Wildman–Crippen MR) is 75.9 cm³/mol. The van der Waals surface area contributed by atoms with Crippen molar-refractivity contribution in [1.82, 2.24) is 9.55 Å². The van der Waals surface area contributed by atoms with Crippen LogP contribution in [0.1, 0.15) is 45.2 Å². The molecular weight excluding hydrogens is 224 g/mol. The van der Waals surface area contributed by atoms with Crippen LogP contribution < -0.4 is 10.6 Å². The molecule has 0 amide bonds. The zero-order valence-electron chi connectivity index (χ0n) is 11.7. The zero-order chi connectivity index (χ0) is 13.0. The summed E-state index contributed by atoms with van der Waals surface area (Å²) in [5, 5.41) is 0.